The summed E-state index contributed by atoms with van der Waals surface area (Å²) < 4.78 is 0. The second-order valence-electron chi connectivity index (χ2n) is 2.45. The lowest BCUT2D eigenvalue weighted by Crippen LogP contribution is -1.75. The number of hydrogen-bond donors (Lipinski definition) is 0. The summed E-state index contributed by atoms with van der Waals surface area (Å²) in [6, 6.07) is 0. The van der Waals surface area contributed by atoms with Gasteiger partial charge in [-0.25, -0.2) is 0 Å². The third-order valence-corrected chi connectivity index (χ3v) is 1.39. The van der Waals surface area contributed by atoms with Gasteiger partial charge in [-0.15, -0.1) is 0 Å². The van der Waals surface area contributed by atoms with E-state index in [1.54, 1.807) is 13.0 Å². The molecule has 0 bridgehead atoms. The van der Waals surface area contributed by atoms with E-state index in [1.807, 2.05) is 19.1 Å². The highest BCUT2D eigenvalue weighted by molar-refractivity contribution is 5.71. The molecule has 0 aromatic heterocycles. The van der Waals surface area contributed by atoms with Gasteiger partial charge in [0, 0.05) is 0 Å². The fourth-order valence-electron chi connectivity index (χ4n) is 0.562. The second kappa shape index (κ2) is 5.66. The van der Waals surface area contributed by atoms with Crippen LogP contribution in [0.25, 0.3) is 0 Å². The van der Waals surface area contributed by atoms with Gasteiger partial charge in [0.15, 0.2) is 0 Å². The predicted molar refractivity (Wildman–Crippen MR) is 48.4 cm³/mol. The number of aldehydes is 1. The summed E-state index contributed by atoms with van der Waals surface area (Å²) in [7, 11) is 0. The number of hydrogen-bond acceptors (Lipinski definition) is 1. The first-order valence-corrected chi connectivity index (χ1v) is 3.62. The SMILES string of the molecule is C=C/C(C)=C/C/C=C(\C)C=O. The molecule has 0 aliphatic rings. The predicted octanol–water partition coefficient (Wildman–Crippen LogP) is 2.65. The average molecular weight is 150 g/mol. The largest absolute Gasteiger partial charge is 0.298 e. The molecule has 0 aromatic carbocycles. The molecule has 0 heterocycles. The third-order valence-electron chi connectivity index (χ3n) is 1.39. The molecule has 0 fully saturated rings. The molecule has 0 aliphatic heterocycles. The van der Waals surface area contributed by atoms with E-state index in [0.717, 1.165) is 23.9 Å². The van der Waals surface area contributed by atoms with Crippen LogP contribution in [0.1, 0.15) is 20.3 Å². The van der Waals surface area contributed by atoms with Crippen LogP contribution in [0.2, 0.25) is 0 Å². The van der Waals surface area contributed by atoms with Gasteiger partial charge < -0.3 is 0 Å². The van der Waals surface area contributed by atoms with Crippen LogP contribution in [0.15, 0.2) is 36.0 Å². The lowest BCUT2D eigenvalue weighted by molar-refractivity contribution is -0.104. The molecule has 0 radical (unpaired) electrons. The topological polar surface area (TPSA) is 17.1 Å². The first kappa shape index (κ1) is 9.89. The van der Waals surface area contributed by atoms with Crippen molar-refractivity contribution in [2.24, 2.45) is 0 Å². The summed E-state index contributed by atoms with van der Waals surface area (Å²) in [6.45, 7) is 7.40. The molecule has 0 saturated heterocycles. The zero-order valence-electron chi connectivity index (χ0n) is 7.13. The summed E-state index contributed by atoms with van der Waals surface area (Å²) in [5.74, 6) is 0. The second-order valence-corrected chi connectivity index (χ2v) is 2.45. The molecule has 60 valence electrons. The average Bonchev–Trinajstić information content (AvgIpc) is 2.04. The Bertz CT molecular complexity index is 175. The molecular weight excluding hydrogens is 136 g/mol. The number of carbonyl (C=O) groups is 1. The normalized spacial score (nSPS) is 12.9. The van der Waals surface area contributed by atoms with Crippen LogP contribution in [0.5, 0.6) is 0 Å². The van der Waals surface area contributed by atoms with Crippen LogP contribution in [0.3, 0.4) is 0 Å². The Labute approximate surface area is 68.1 Å². The maximum atomic E-state index is 10.1. The molecule has 1 nitrogen and oxygen atoms in total. The minimum Gasteiger partial charge on any atom is -0.298 e. The van der Waals surface area contributed by atoms with Crippen molar-refractivity contribution < 1.29 is 4.79 Å². The molecule has 1 heteroatoms. The van der Waals surface area contributed by atoms with E-state index < -0.39 is 0 Å². The quantitative estimate of drug-likeness (QED) is 0.342. The molecule has 0 atom stereocenters. The molecule has 0 aliphatic carbocycles. The number of rotatable bonds is 4. The maximum Gasteiger partial charge on any atom is 0.145 e. The third kappa shape index (κ3) is 5.34. The van der Waals surface area contributed by atoms with Crippen molar-refractivity contribution in [1.82, 2.24) is 0 Å². The molecule has 0 aromatic rings. The van der Waals surface area contributed by atoms with E-state index in [9.17, 15) is 4.79 Å². The number of allylic oxidation sites excluding steroid dienone is 5. The minimum absolute atomic E-state index is 0.776. The van der Waals surface area contributed by atoms with Gasteiger partial charge in [0.2, 0.25) is 0 Å². The van der Waals surface area contributed by atoms with Crippen LogP contribution >= 0.6 is 0 Å². The number of carbonyl (C=O) groups excluding carboxylic acids is 1. The lowest BCUT2D eigenvalue weighted by Gasteiger charge is -1.88. The summed E-state index contributed by atoms with van der Waals surface area (Å²) >= 11 is 0. The highest BCUT2D eigenvalue weighted by Crippen LogP contribution is 1.98. The van der Waals surface area contributed by atoms with Crippen LogP contribution in [0.4, 0.5) is 0 Å². The van der Waals surface area contributed by atoms with Gasteiger partial charge in [0.25, 0.3) is 0 Å². The fourth-order valence-corrected chi connectivity index (χ4v) is 0.562. The Kier molecular flexibility index (Phi) is 5.09. The maximum absolute atomic E-state index is 10.1. The van der Waals surface area contributed by atoms with Gasteiger partial charge in [-0.3, -0.25) is 4.79 Å². The van der Waals surface area contributed by atoms with Crippen molar-refractivity contribution in [2.45, 2.75) is 20.3 Å². The van der Waals surface area contributed by atoms with Gasteiger partial charge in [-0.2, -0.15) is 0 Å². The lowest BCUT2D eigenvalue weighted by atomic mass is 10.2. The van der Waals surface area contributed by atoms with E-state index in [2.05, 4.69) is 6.58 Å². The van der Waals surface area contributed by atoms with E-state index in [0.29, 0.717) is 0 Å². The van der Waals surface area contributed by atoms with Crippen molar-refractivity contribution in [1.29, 1.82) is 0 Å². The van der Waals surface area contributed by atoms with Crippen LogP contribution in [-0.2, 0) is 4.79 Å². The Morgan fingerprint density at radius 2 is 1.82 bits per heavy atom. The first-order valence-electron chi connectivity index (χ1n) is 3.62. The molecule has 0 spiro atoms. The molecule has 0 rings (SSSR count). The van der Waals surface area contributed by atoms with Gasteiger partial charge in [-0.1, -0.05) is 30.4 Å². The molecule has 11 heavy (non-hydrogen) atoms. The van der Waals surface area contributed by atoms with Crippen LogP contribution < -0.4 is 0 Å². The monoisotopic (exact) mass is 150 g/mol. The van der Waals surface area contributed by atoms with E-state index in [-0.39, 0.29) is 0 Å². The van der Waals surface area contributed by atoms with Crippen LogP contribution in [-0.4, -0.2) is 6.29 Å². The van der Waals surface area contributed by atoms with Crippen molar-refractivity contribution >= 4 is 6.29 Å². The highest BCUT2D eigenvalue weighted by atomic mass is 16.1. The van der Waals surface area contributed by atoms with Crippen molar-refractivity contribution in [3.05, 3.63) is 36.0 Å². The van der Waals surface area contributed by atoms with E-state index in [1.165, 1.54) is 0 Å². The zero-order valence-corrected chi connectivity index (χ0v) is 7.13. The zero-order chi connectivity index (χ0) is 8.69. The summed E-state index contributed by atoms with van der Waals surface area (Å²) in [6.07, 6.45) is 7.38. The minimum atomic E-state index is 0.776. The molecule has 0 amide bonds. The molecular formula is C10H14O. The Hall–Kier alpha value is -1.11. The first-order chi connectivity index (χ1) is 5.20. The summed E-state index contributed by atoms with van der Waals surface area (Å²) in [5, 5.41) is 0. The highest BCUT2D eigenvalue weighted by Gasteiger charge is 1.82. The van der Waals surface area contributed by atoms with Gasteiger partial charge >= 0.3 is 0 Å². The molecule has 0 saturated carbocycles. The molecule has 0 N–H and O–H groups in total. The Morgan fingerprint density at radius 1 is 1.27 bits per heavy atom. The van der Waals surface area contributed by atoms with Gasteiger partial charge in [-0.05, 0) is 25.8 Å². The standard InChI is InChI=1S/C10H14O/c1-4-9(2)6-5-7-10(3)8-11/h4,6-8H,1,5H2,2-3H3/b9-6+,10-7+. The summed E-state index contributed by atoms with van der Waals surface area (Å²) in [5.41, 5.74) is 1.91. The fraction of sp³-hybridized carbons (Fsp3) is 0.300. The molecule has 0 unspecified atom stereocenters. The van der Waals surface area contributed by atoms with Gasteiger partial charge in [0.05, 0.1) is 0 Å². The van der Waals surface area contributed by atoms with Crippen molar-refractivity contribution in [3.8, 4) is 0 Å². The van der Waals surface area contributed by atoms with Crippen LogP contribution in [0, 0.1) is 0 Å². The van der Waals surface area contributed by atoms with E-state index in [4.69, 9.17) is 0 Å². The van der Waals surface area contributed by atoms with Crippen molar-refractivity contribution in [2.75, 3.05) is 0 Å². The van der Waals surface area contributed by atoms with Gasteiger partial charge in [0.1, 0.15) is 6.29 Å². The van der Waals surface area contributed by atoms with Crippen molar-refractivity contribution in [3.63, 3.8) is 0 Å². The Morgan fingerprint density at radius 3 is 2.27 bits per heavy atom. The van der Waals surface area contributed by atoms with E-state index >= 15 is 0 Å². The summed E-state index contributed by atoms with van der Waals surface area (Å²) in [4.78, 5) is 10.1. The smallest absolute Gasteiger partial charge is 0.145 e. The Balaban J connectivity index is 3.89.